The Morgan fingerprint density at radius 1 is 1.00 bits per heavy atom. The third-order valence-corrected chi connectivity index (χ3v) is 4.13. The number of nitrogens with one attached hydrogen (secondary N) is 1. The molecular formula is C21H24N4O. The van der Waals surface area contributed by atoms with Crippen LogP contribution in [0.2, 0.25) is 0 Å². The summed E-state index contributed by atoms with van der Waals surface area (Å²) in [6.07, 6.45) is 0.791. The highest BCUT2D eigenvalue weighted by molar-refractivity contribution is 6.10. The fourth-order valence-electron chi connectivity index (χ4n) is 2.89. The first-order chi connectivity index (χ1) is 12.8. The Morgan fingerprint density at radius 3 is 2.19 bits per heavy atom. The Bertz CT molecular complexity index is 870. The van der Waals surface area contributed by atoms with E-state index in [9.17, 15) is 0 Å². The summed E-state index contributed by atoms with van der Waals surface area (Å²) < 4.78 is 6.17. The summed E-state index contributed by atoms with van der Waals surface area (Å²) in [7, 11) is 1.82. The van der Waals surface area contributed by atoms with Gasteiger partial charge in [-0.15, -0.1) is 0 Å². The van der Waals surface area contributed by atoms with Crippen LogP contribution in [-0.2, 0) is 0 Å². The van der Waals surface area contributed by atoms with Crippen molar-refractivity contribution in [2.24, 2.45) is 16.5 Å². The molecule has 26 heavy (non-hydrogen) atoms. The van der Waals surface area contributed by atoms with Gasteiger partial charge in [0.25, 0.3) is 0 Å². The fourth-order valence-corrected chi connectivity index (χ4v) is 2.89. The number of hydrogen-bond acceptors (Lipinski definition) is 4. The molecule has 0 unspecified atom stereocenters. The largest absolute Gasteiger partial charge is 0.439 e. The minimum absolute atomic E-state index is 0.451. The van der Waals surface area contributed by atoms with Crippen LogP contribution in [0.3, 0.4) is 0 Å². The summed E-state index contributed by atoms with van der Waals surface area (Å²) in [6, 6.07) is 20.1. The molecular weight excluding hydrogens is 324 g/mol. The summed E-state index contributed by atoms with van der Waals surface area (Å²) in [5.74, 6) is 1.83. The molecule has 0 saturated carbocycles. The van der Waals surface area contributed by atoms with Crippen LogP contribution in [0.15, 0.2) is 70.1 Å². The van der Waals surface area contributed by atoms with E-state index in [1.54, 1.807) is 0 Å². The molecule has 0 spiro atoms. The number of aliphatic imine (C=N–C) groups is 1. The second-order valence-electron chi connectivity index (χ2n) is 5.90. The summed E-state index contributed by atoms with van der Waals surface area (Å²) >= 11 is 0. The van der Waals surface area contributed by atoms with E-state index < -0.39 is 0 Å². The number of nitrogens with two attached hydrogens (primary N) is 2. The molecule has 0 radical (unpaired) electrons. The molecule has 3 aromatic rings. The average Bonchev–Trinajstić information content (AvgIpc) is 3.09. The van der Waals surface area contributed by atoms with E-state index in [0.717, 1.165) is 34.4 Å². The van der Waals surface area contributed by atoms with E-state index in [0.29, 0.717) is 24.8 Å². The lowest BCUT2D eigenvalue weighted by Gasteiger charge is -2.07. The van der Waals surface area contributed by atoms with Gasteiger partial charge in [0.05, 0.1) is 5.56 Å². The Kier molecular flexibility index (Phi) is 5.71. The molecule has 2 aromatic carbocycles. The van der Waals surface area contributed by atoms with Crippen molar-refractivity contribution in [2.75, 3.05) is 25.5 Å². The molecule has 0 aliphatic rings. The van der Waals surface area contributed by atoms with Gasteiger partial charge >= 0.3 is 0 Å². The average molecular weight is 348 g/mol. The van der Waals surface area contributed by atoms with Crippen molar-refractivity contribution in [3.05, 3.63) is 66.2 Å². The molecule has 0 saturated heterocycles. The second kappa shape index (κ2) is 8.36. The van der Waals surface area contributed by atoms with Gasteiger partial charge in [0, 0.05) is 24.7 Å². The van der Waals surface area contributed by atoms with Crippen molar-refractivity contribution < 1.29 is 4.42 Å². The normalized spacial score (nSPS) is 11.5. The summed E-state index contributed by atoms with van der Waals surface area (Å²) in [5.41, 5.74) is 15.7. The SMILES string of the molecule is CNc1oc(-c2ccccc2)c(-c2ccccc2)c1C(N)=NCCCN. The second-order valence-corrected chi connectivity index (χ2v) is 5.90. The number of amidine groups is 1. The van der Waals surface area contributed by atoms with E-state index in [-0.39, 0.29) is 0 Å². The van der Waals surface area contributed by atoms with Crippen molar-refractivity contribution in [3.63, 3.8) is 0 Å². The molecule has 1 aromatic heterocycles. The Hall–Kier alpha value is -3.05. The van der Waals surface area contributed by atoms with Crippen LogP contribution in [0.25, 0.3) is 22.5 Å². The number of hydrogen-bond donors (Lipinski definition) is 3. The zero-order valence-electron chi connectivity index (χ0n) is 14.9. The van der Waals surface area contributed by atoms with Crippen LogP contribution >= 0.6 is 0 Å². The predicted octanol–water partition coefficient (Wildman–Crippen LogP) is 3.71. The first kappa shape index (κ1) is 17.8. The van der Waals surface area contributed by atoms with Gasteiger partial charge in [-0.2, -0.15) is 0 Å². The molecule has 5 nitrogen and oxygen atoms in total. The lowest BCUT2D eigenvalue weighted by atomic mass is 9.97. The van der Waals surface area contributed by atoms with Crippen molar-refractivity contribution in [2.45, 2.75) is 6.42 Å². The van der Waals surface area contributed by atoms with Crippen LogP contribution in [0, 0.1) is 0 Å². The molecule has 5 N–H and O–H groups in total. The maximum absolute atomic E-state index is 6.35. The molecule has 1 heterocycles. The molecule has 134 valence electrons. The lowest BCUT2D eigenvalue weighted by Crippen LogP contribution is -2.16. The maximum Gasteiger partial charge on any atom is 0.205 e. The quantitative estimate of drug-likeness (QED) is 0.345. The summed E-state index contributed by atoms with van der Waals surface area (Å²) in [4.78, 5) is 4.50. The molecule has 5 heteroatoms. The van der Waals surface area contributed by atoms with Crippen molar-refractivity contribution >= 4 is 11.7 Å². The number of anilines is 1. The standard InChI is InChI=1S/C21H24N4O/c1-24-21-18(20(23)25-14-8-13-22)17(15-9-4-2-5-10-15)19(26-21)16-11-6-3-7-12-16/h2-7,9-12,24H,8,13-14,22H2,1H3,(H2,23,25). The lowest BCUT2D eigenvalue weighted by molar-refractivity contribution is 0.598. The monoisotopic (exact) mass is 348 g/mol. The molecule has 0 amide bonds. The number of rotatable bonds is 7. The highest BCUT2D eigenvalue weighted by Crippen LogP contribution is 2.41. The number of furan rings is 1. The Labute approximate surface area is 153 Å². The highest BCUT2D eigenvalue weighted by atomic mass is 16.4. The molecule has 0 fully saturated rings. The van der Waals surface area contributed by atoms with Crippen molar-refractivity contribution in [3.8, 4) is 22.5 Å². The zero-order chi connectivity index (χ0) is 18.4. The van der Waals surface area contributed by atoms with Crippen LogP contribution < -0.4 is 16.8 Å². The molecule has 0 atom stereocenters. The van der Waals surface area contributed by atoms with Crippen LogP contribution in [0.1, 0.15) is 12.0 Å². The highest BCUT2D eigenvalue weighted by Gasteiger charge is 2.24. The van der Waals surface area contributed by atoms with Crippen LogP contribution in [0.5, 0.6) is 0 Å². The smallest absolute Gasteiger partial charge is 0.205 e. The van der Waals surface area contributed by atoms with E-state index in [1.165, 1.54) is 0 Å². The topological polar surface area (TPSA) is 89.6 Å². The van der Waals surface area contributed by atoms with Gasteiger partial charge in [-0.05, 0) is 18.5 Å². The Morgan fingerprint density at radius 2 is 1.62 bits per heavy atom. The molecule has 3 rings (SSSR count). The Balaban J connectivity index is 2.22. The van der Waals surface area contributed by atoms with Gasteiger partial charge in [-0.1, -0.05) is 60.7 Å². The van der Waals surface area contributed by atoms with Crippen molar-refractivity contribution in [1.29, 1.82) is 0 Å². The molecule has 0 aliphatic heterocycles. The van der Waals surface area contributed by atoms with Gasteiger partial charge in [-0.25, -0.2) is 0 Å². The van der Waals surface area contributed by atoms with E-state index >= 15 is 0 Å². The van der Waals surface area contributed by atoms with Gasteiger partial charge < -0.3 is 21.2 Å². The molecule has 0 aliphatic carbocycles. The van der Waals surface area contributed by atoms with Gasteiger partial charge in [0.2, 0.25) is 5.88 Å². The summed E-state index contributed by atoms with van der Waals surface area (Å²) in [6.45, 7) is 1.17. The zero-order valence-corrected chi connectivity index (χ0v) is 14.9. The van der Waals surface area contributed by atoms with Crippen LogP contribution in [-0.4, -0.2) is 26.0 Å². The third kappa shape index (κ3) is 3.63. The number of nitrogens with zero attached hydrogens (tertiary/aromatic N) is 1. The van der Waals surface area contributed by atoms with E-state index in [1.807, 2.05) is 67.7 Å². The van der Waals surface area contributed by atoms with Crippen LogP contribution in [0.4, 0.5) is 5.88 Å². The minimum atomic E-state index is 0.451. The predicted molar refractivity (Wildman–Crippen MR) is 108 cm³/mol. The van der Waals surface area contributed by atoms with Gasteiger partial charge in [-0.3, -0.25) is 4.99 Å². The first-order valence-corrected chi connectivity index (χ1v) is 8.72. The van der Waals surface area contributed by atoms with Crippen molar-refractivity contribution in [1.82, 2.24) is 0 Å². The first-order valence-electron chi connectivity index (χ1n) is 8.72. The minimum Gasteiger partial charge on any atom is -0.439 e. The third-order valence-electron chi connectivity index (χ3n) is 4.13. The maximum atomic E-state index is 6.35. The summed E-state index contributed by atoms with van der Waals surface area (Å²) in [5, 5.41) is 3.12. The van der Waals surface area contributed by atoms with E-state index in [4.69, 9.17) is 15.9 Å². The van der Waals surface area contributed by atoms with E-state index in [2.05, 4.69) is 10.3 Å². The number of benzene rings is 2. The molecule has 0 bridgehead atoms. The van der Waals surface area contributed by atoms with Gasteiger partial charge in [0.15, 0.2) is 0 Å². The van der Waals surface area contributed by atoms with Gasteiger partial charge in [0.1, 0.15) is 11.6 Å². The fraction of sp³-hybridized carbons (Fsp3) is 0.190.